The number of hydrogen-bond acceptors (Lipinski definition) is 1. The molecule has 1 nitrogen and oxygen atoms in total. The summed E-state index contributed by atoms with van der Waals surface area (Å²) >= 11 is 0. The molecule has 0 bridgehead atoms. The average Bonchev–Trinajstić information content (AvgIpc) is 2.61. The predicted octanol–water partition coefficient (Wildman–Crippen LogP) is 6.39. The van der Waals surface area contributed by atoms with Crippen LogP contribution in [-0.4, -0.2) is 0 Å². The molecule has 0 aliphatic heterocycles. The molecule has 3 rings (SSSR count). The van der Waals surface area contributed by atoms with Crippen molar-refractivity contribution in [3.63, 3.8) is 0 Å². The molecule has 0 aromatic heterocycles. The van der Waals surface area contributed by atoms with Crippen LogP contribution in [0.5, 0.6) is 0 Å². The SMILES string of the molecule is CCCCCc1ccc2cc(-c3cc(F)c(C#N)c(F)c3)ccc2c1. The van der Waals surface area contributed by atoms with Crippen LogP contribution in [0.3, 0.4) is 0 Å². The first-order valence-electron chi connectivity index (χ1n) is 8.54. The van der Waals surface area contributed by atoms with Gasteiger partial charge in [0.05, 0.1) is 0 Å². The topological polar surface area (TPSA) is 23.8 Å². The lowest BCUT2D eigenvalue weighted by Gasteiger charge is -2.08. The average molecular weight is 335 g/mol. The molecule has 126 valence electrons. The quantitative estimate of drug-likeness (QED) is 0.496. The Hall–Kier alpha value is -2.73. The first-order valence-corrected chi connectivity index (χ1v) is 8.54. The Kier molecular flexibility index (Phi) is 5.09. The second-order valence-corrected chi connectivity index (χ2v) is 6.28. The fourth-order valence-electron chi connectivity index (χ4n) is 3.06. The zero-order valence-corrected chi connectivity index (χ0v) is 14.2. The zero-order valence-electron chi connectivity index (χ0n) is 14.2. The Balaban J connectivity index is 1.94. The highest BCUT2D eigenvalue weighted by atomic mass is 19.1. The number of nitriles is 1. The van der Waals surface area contributed by atoms with Gasteiger partial charge in [0.25, 0.3) is 0 Å². The van der Waals surface area contributed by atoms with E-state index in [1.807, 2.05) is 18.2 Å². The Morgan fingerprint density at radius 1 is 0.840 bits per heavy atom. The molecule has 0 heterocycles. The molecule has 0 fully saturated rings. The highest BCUT2D eigenvalue weighted by Gasteiger charge is 2.12. The van der Waals surface area contributed by atoms with Gasteiger partial charge in [-0.1, -0.05) is 50.1 Å². The Morgan fingerprint density at radius 2 is 1.52 bits per heavy atom. The van der Waals surface area contributed by atoms with Crippen LogP contribution in [0.1, 0.15) is 37.3 Å². The minimum Gasteiger partial charge on any atom is -0.205 e. The summed E-state index contributed by atoms with van der Waals surface area (Å²) in [7, 11) is 0. The maximum Gasteiger partial charge on any atom is 0.144 e. The van der Waals surface area contributed by atoms with Gasteiger partial charge in [0.2, 0.25) is 0 Å². The number of halogens is 2. The van der Waals surface area contributed by atoms with Crippen LogP contribution in [-0.2, 0) is 6.42 Å². The summed E-state index contributed by atoms with van der Waals surface area (Å²) in [6, 6.07) is 16.1. The summed E-state index contributed by atoms with van der Waals surface area (Å²) in [5.74, 6) is -1.66. The maximum absolute atomic E-state index is 13.8. The molecule has 3 aromatic carbocycles. The number of rotatable bonds is 5. The van der Waals surface area contributed by atoms with E-state index in [0.717, 1.165) is 22.8 Å². The van der Waals surface area contributed by atoms with Crippen molar-refractivity contribution in [2.24, 2.45) is 0 Å². The number of aryl methyl sites for hydroxylation is 1. The van der Waals surface area contributed by atoms with Crippen molar-refractivity contribution in [1.29, 1.82) is 5.26 Å². The minimum absolute atomic E-state index is 0.433. The zero-order chi connectivity index (χ0) is 17.8. The van der Waals surface area contributed by atoms with Gasteiger partial charge in [-0.05, 0) is 58.5 Å². The van der Waals surface area contributed by atoms with E-state index in [-0.39, 0.29) is 0 Å². The summed E-state index contributed by atoms with van der Waals surface area (Å²) < 4.78 is 27.7. The Bertz CT molecular complexity index is 931. The molecule has 0 saturated heterocycles. The largest absolute Gasteiger partial charge is 0.205 e. The van der Waals surface area contributed by atoms with E-state index in [4.69, 9.17) is 5.26 Å². The van der Waals surface area contributed by atoms with Crippen molar-refractivity contribution < 1.29 is 8.78 Å². The molecule has 0 spiro atoms. The third kappa shape index (κ3) is 3.69. The molecule has 0 N–H and O–H groups in total. The monoisotopic (exact) mass is 335 g/mol. The van der Waals surface area contributed by atoms with E-state index >= 15 is 0 Å². The molecule has 0 unspecified atom stereocenters. The number of nitrogens with zero attached hydrogens (tertiary/aromatic N) is 1. The number of unbranched alkanes of at least 4 members (excludes halogenated alkanes) is 2. The molecule has 25 heavy (non-hydrogen) atoms. The van der Waals surface area contributed by atoms with Crippen LogP contribution < -0.4 is 0 Å². The van der Waals surface area contributed by atoms with Gasteiger partial charge in [-0.3, -0.25) is 0 Å². The van der Waals surface area contributed by atoms with Crippen molar-refractivity contribution >= 4 is 10.8 Å². The molecule has 0 aliphatic rings. The van der Waals surface area contributed by atoms with E-state index in [0.29, 0.717) is 5.56 Å². The van der Waals surface area contributed by atoms with E-state index < -0.39 is 17.2 Å². The van der Waals surface area contributed by atoms with E-state index in [1.165, 1.54) is 37.0 Å². The third-order valence-electron chi connectivity index (χ3n) is 4.46. The minimum atomic E-state index is -0.830. The summed E-state index contributed by atoms with van der Waals surface area (Å²) in [5.41, 5.74) is 1.93. The summed E-state index contributed by atoms with van der Waals surface area (Å²) in [6.07, 6.45) is 4.68. The summed E-state index contributed by atoms with van der Waals surface area (Å²) in [4.78, 5) is 0. The normalized spacial score (nSPS) is 10.8. The van der Waals surface area contributed by atoms with Gasteiger partial charge in [-0.2, -0.15) is 5.26 Å². The van der Waals surface area contributed by atoms with Crippen LogP contribution in [0.25, 0.3) is 21.9 Å². The third-order valence-corrected chi connectivity index (χ3v) is 4.46. The summed E-state index contributed by atoms with van der Waals surface area (Å²) in [6.45, 7) is 2.19. The van der Waals surface area contributed by atoms with Gasteiger partial charge in [0.15, 0.2) is 0 Å². The van der Waals surface area contributed by atoms with Gasteiger partial charge in [-0.15, -0.1) is 0 Å². The predicted molar refractivity (Wildman–Crippen MR) is 97.2 cm³/mol. The van der Waals surface area contributed by atoms with Crippen LogP contribution >= 0.6 is 0 Å². The van der Waals surface area contributed by atoms with Gasteiger partial charge in [-0.25, -0.2) is 8.78 Å². The molecule has 3 aromatic rings. The number of benzene rings is 3. The molecule has 0 atom stereocenters. The summed E-state index contributed by atoms with van der Waals surface area (Å²) in [5, 5.41) is 10.9. The van der Waals surface area contributed by atoms with Crippen molar-refractivity contribution in [1.82, 2.24) is 0 Å². The lowest BCUT2D eigenvalue weighted by Crippen LogP contribution is -1.92. The first-order chi connectivity index (χ1) is 12.1. The van der Waals surface area contributed by atoms with Crippen molar-refractivity contribution in [3.8, 4) is 17.2 Å². The standard InChI is InChI=1S/C22H19F2N/c1-2-3-4-5-15-6-7-17-11-18(9-8-16(17)10-15)19-12-21(23)20(14-25)22(24)13-19/h6-13H,2-5H2,1H3. The fourth-order valence-corrected chi connectivity index (χ4v) is 3.06. The molecule has 0 amide bonds. The second kappa shape index (κ2) is 7.44. The van der Waals surface area contributed by atoms with Gasteiger partial charge < -0.3 is 0 Å². The van der Waals surface area contributed by atoms with Crippen molar-refractivity contribution in [2.75, 3.05) is 0 Å². The molecular formula is C22H19F2N. The highest BCUT2D eigenvalue weighted by molar-refractivity contribution is 5.88. The molecule has 0 saturated carbocycles. The first kappa shape index (κ1) is 17.1. The van der Waals surface area contributed by atoms with Gasteiger partial charge in [0, 0.05) is 0 Å². The van der Waals surface area contributed by atoms with Gasteiger partial charge in [0.1, 0.15) is 23.3 Å². The fraction of sp³-hybridized carbons (Fsp3) is 0.227. The maximum atomic E-state index is 13.8. The molecule has 3 heteroatoms. The molecule has 0 aliphatic carbocycles. The Labute approximate surface area is 146 Å². The Morgan fingerprint density at radius 3 is 2.20 bits per heavy atom. The van der Waals surface area contributed by atoms with Crippen LogP contribution in [0.4, 0.5) is 8.78 Å². The lowest BCUT2D eigenvalue weighted by molar-refractivity contribution is 0.577. The van der Waals surface area contributed by atoms with Gasteiger partial charge >= 0.3 is 0 Å². The van der Waals surface area contributed by atoms with Crippen molar-refractivity contribution in [3.05, 3.63) is 71.3 Å². The van der Waals surface area contributed by atoms with Crippen molar-refractivity contribution in [2.45, 2.75) is 32.6 Å². The van der Waals surface area contributed by atoms with Crippen LogP contribution in [0, 0.1) is 23.0 Å². The molecule has 0 radical (unpaired) electrons. The van der Waals surface area contributed by atoms with Crippen LogP contribution in [0.15, 0.2) is 48.5 Å². The number of hydrogen-bond donors (Lipinski definition) is 0. The van der Waals surface area contributed by atoms with E-state index in [1.54, 1.807) is 6.07 Å². The van der Waals surface area contributed by atoms with E-state index in [9.17, 15) is 8.78 Å². The highest BCUT2D eigenvalue weighted by Crippen LogP contribution is 2.28. The van der Waals surface area contributed by atoms with Crippen LogP contribution in [0.2, 0.25) is 0 Å². The smallest absolute Gasteiger partial charge is 0.144 e. The van der Waals surface area contributed by atoms with E-state index in [2.05, 4.69) is 25.1 Å². The molecular weight excluding hydrogens is 316 g/mol. The number of fused-ring (bicyclic) bond motifs is 1. The lowest BCUT2D eigenvalue weighted by atomic mass is 9.97. The second-order valence-electron chi connectivity index (χ2n) is 6.28.